The van der Waals surface area contributed by atoms with E-state index in [1.54, 1.807) is 6.08 Å². The van der Waals surface area contributed by atoms with Crippen molar-refractivity contribution in [3.8, 4) is 0 Å². The lowest BCUT2D eigenvalue weighted by Gasteiger charge is -2.24. The van der Waals surface area contributed by atoms with Gasteiger partial charge in [-0.05, 0) is 30.8 Å². The first-order chi connectivity index (χ1) is 4.10. The molecule has 0 amide bonds. The van der Waals surface area contributed by atoms with Gasteiger partial charge in [0.1, 0.15) is 0 Å². The Kier molecular flexibility index (Phi) is 1.60. The Morgan fingerprint density at radius 2 is 2.22 bits per heavy atom. The number of halogens is 1. The molecule has 0 nitrogen and oxygen atoms in total. The summed E-state index contributed by atoms with van der Waals surface area (Å²) in [5.74, 6) is 0.0752. The van der Waals surface area contributed by atoms with E-state index in [4.69, 9.17) is 0 Å². The van der Waals surface area contributed by atoms with Crippen molar-refractivity contribution in [1.82, 2.24) is 0 Å². The molecule has 1 rings (SSSR count). The molecule has 0 aromatic carbocycles. The first-order valence-electron chi connectivity index (χ1n) is 3.47. The van der Waals surface area contributed by atoms with Crippen molar-refractivity contribution in [2.24, 2.45) is 5.41 Å². The zero-order valence-electron chi connectivity index (χ0n) is 6.08. The Hall–Kier alpha value is -0.330. The highest BCUT2D eigenvalue weighted by Gasteiger charge is 2.19. The first-order valence-corrected chi connectivity index (χ1v) is 3.47. The van der Waals surface area contributed by atoms with Gasteiger partial charge in [0.15, 0.2) is 0 Å². The summed E-state index contributed by atoms with van der Waals surface area (Å²) in [6.45, 7) is 4.15. The van der Waals surface area contributed by atoms with Crippen LogP contribution in [0.2, 0.25) is 0 Å². The minimum Gasteiger partial charge on any atom is -0.212 e. The number of hydrogen-bond donors (Lipinski definition) is 0. The topological polar surface area (TPSA) is 0 Å². The lowest BCUT2D eigenvalue weighted by Crippen LogP contribution is -2.11. The smallest absolute Gasteiger partial charge is 0.0965 e. The molecular weight excluding hydrogens is 115 g/mol. The SMILES string of the molecule is CC1(C)C=C(F)CCC1. The Balaban J connectivity index is 2.68. The largest absolute Gasteiger partial charge is 0.212 e. The van der Waals surface area contributed by atoms with Crippen LogP contribution in [0.15, 0.2) is 11.9 Å². The van der Waals surface area contributed by atoms with Gasteiger partial charge < -0.3 is 0 Å². The lowest BCUT2D eigenvalue weighted by atomic mass is 9.83. The summed E-state index contributed by atoms with van der Waals surface area (Å²) < 4.78 is 12.5. The van der Waals surface area contributed by atoms with Crippen molar-refractivity contribution in [2.75, 3.05) is 0 Å². The second-order valence-corrected chi connectivity index (χ2v) is 3.43. The van der Waals surface area contributed by atoms with E-state index in [0.29, 0.717) is 6.42 Å². The molecule has 0 heterocycles. The van der Waals surface area contributed by atoms with Crippen molar-refractivity contribution in [1.29, 1.82) is 0 Å². The van der Waals surface area contributed by atoms with Crippen LogP contribution in [-0.4, -0.2) is 0 Å². The number of hydrogen-bond acceptors (Lipinski definition) is 0. The molecule has 1 aliphatic carbocycles. The van der Waals surface area contributed by atoms with E-state index < -0.39 is 0 Å². The van der Waals surface area contributed by atoms with E-state index in [0.717, 1.165) is 12.8 Å². The second-order valence-electron chi connectivity index (χ2n) is 3.43. The van der Waals surface area contributed by atoms with Gasteiger partial charge in [0.25, 0.3) is 0 Å². The van der Waals surface area contributed by atoms with Gasteiger partial charge in [0, 0.05) is 0 Å². The van der Waals surface area contributed by atoms with Crippen LogP contribution in [0, 0.1) is 5.41 Å². The van der Waals surface area contributed by atoms with Crippen LogP contribution in [0.3, 0.4) is 0 Å². The molecule has 0 fully saturated rings. The van der Waals surface area contributed by atoms with Crippen LogP contribution < -0.4 is 0 Å². The Labute approximate surface area is 55.8 Å². The molecule has 52 valence electrons. The maximum Gasteiger partial charge on any atom is 0.0965 e. The van der Waals surface area contributed by atoms with Gasteiger partial charge in [-0.15, -0.1) is 0 Å². The van der Waals surface area contributed by atoms with Crippen LogP contribution in [0.4, 0.5) is 4.39 Å². The molecule has 0 unspecified atom stereocenters. The third kappa shape index (κ3) is 1.81. The molecule has 0 aliphatic heterocycles. The van der Waals surface area contributed by atoms with Crippen molar-refractivity contribution < 1.29 is 4.39 Å². The molecule has 0 N–H and O–H groups in total. The molecule has 1 aliphatic rings. The average Bonchev–Trinajstić information content (AvgIpc) is 1.60. The monoisotopic (exact) mass is 128 g/mol. The van der Waals surface area contributed by atoms with Crippen LogP contribution in [0.1, 0.15) is 33.1 Å². The van der Waals surface area contributed by atoms with E-state index >= 15 is 0 Å². The van der Waals surface area contributed by atoms with Crippen LogP contribution in [0.25, 0.3) is 0 Å². The summed E-state index contributed by atoms with van der Waals surface area (Å²) in [5, 5.41) is 0. The Bertz CT molecular complexity index is 134. The fourth-order valence-corrected chi connectivity index (χ4v) is 1.28. The molecule has 1 heteroatoms. The van der Waals surface area contributed by atoms with Crippen molar-refractivity contribution in [3.63, 3.8) is 0 Å². The van der Waals surface area contributed by atoms with Gasteiger partial charge in [-0.2, -0.15) is 0 Å². The third-order valence-electron chi connectivity index (χ3n) is 1.78. The molecule has 0 bridgehead atoms. The fourth-order valence-electron chi connectivity index (χ4n) is 1.28. The highest BCUT2D eigenvalue weighted by atomic mass is 19.1. The van der Waals surface area contributed by atoms with Crippen molar-refractivity contribution >= 4 is 0 Å². The minimum absolute atomic E-state index is 0.0752. The molecule has 0 spiro atoms. The zero-order chi connectivity index (χ0) is 6.91. The van der Waals surface area contributed by atoms with Gasteiger partial charge in [0.2, 0.25) is 0 Å². The highest BCUT2D eigenvalue weighted by molar-refractivity contribution is 5.04. The van der Waals surface area contributed by atoms with Crippen molar-refractivity contribution in [2.45, 2.75) is 33.1 Å². The fraction of sp³-hybridized carbons (Fsp3) is 0.750. The molecule has 0 aromatic rings. The summed E-state index contributed by atoms with van der Waals surface area (Å²) in [7, 11) is 0. The molecule has 0 saturated carbocycles. The summed E-state index contributed by atoms with van der Waals surface area (Å²) in [5.41, 5.74) is 0.113. The van der Waals surface area contributed by atoms with Gasteiger partial charge >= 0.3 is 0 Å². The predicted octanol–water partition coefficient (Wildman–Crippen LogP) is 3.05. The van der Waals surface area contributed by atoms with E-state index in [9.17, 15) is 4.39 Å². The quantitative estimate of drug-likeness (QED) is 0.470. The summed E-state index contributed by atoms with van der Waals surface area (Å²) in [6, 6.07) is 0. The third-order valence-corrected chi connectivity index (χ3v) is 1.78. The van der Waals surface area contributed by atoms with Gasteiger partial charge in [-0.1, -0.05) is 13.8 Å². The van der Waals surface area contributed by atoms with Crippen LogP contribution >= 0.6 is 0 Å². The molecular formula is C8H13F. The molecule has 9 heavy (non-hydrogen) atoms. The maximum atomic E-state index is 12.5. The normalized spacial score (nSPS) is 25.4. The number of allylic oxidation sites excluding steroid dienone is 2. The molecule has 0 radical (unpaired) electrons. The van der Waals surface area contributed by atoms with E-state index in [1.165, 1.54) is 0 Å². The summed E-state index contributed by atoms with van der Waals surface area (Å²) >= 11 is 0. The van der Waals surface area contributed by atoms with E-state index in [-0.39, 0.29) is 11.2 Å². The minimum atomic E-state index is 0.0752. The predicted molar refractivity (Wildman–Crippen MR) is 36.8 cm³/mol. The Morgan fingerprint density at radius 3 is 2.56 bits per heavy atom. The Morgan fingerprint density at radius 1 is 1.56 bits per heavy atom. The average molecular weight is 128 g/mol. The summed E-state index contributed by atoms with van der Waals surface area (Å²) in [4.78, 5) is 0. The zero-order valence-corrected chi connectivity index (χ0v) is 6.08. The summed E-state index contributed by atoms with van der Waals surface area (Å²) in [6.07, 6.45) is 4.54. The lowest BCUT2D eigenvalue weighted by molar-refractivity contribution is 0.366. The van der Waals surface area contributed by atoms with Crippen molar-refractivity contribution in [3.05, 3.63) is 11.9 Å². The van der Waals surface area contributed by atoms with Gasteiger partial charge in [-0.25, -0.2) is 4.39 Å². The maximum absolute atomic E-state index is 12.5. The first kappa shape index (κ1) is 6.79. The molecule has 0 atom stereocenters. The van der Waals surface area contributed by atoms with Crippen LogP contribution in [-0.2, 0) is 0 Å². The molecule has 0 aromatic heterocycles. The van der Waals surface area contributed by atoms with E-state index in [2.05, 4.69) is 13.8 Å². The molecule has 0 saturated heterocycles. The van der Waals surface area contributed by atoms with E-state index in [1.807, 2.05) is 0 Å². The van der Waals surface area contributed by atoms with Gasteiger partial charge in [0.05, 0.1) is 5.83 Å². The highest BCUT2D eigenvalue weighted by Crippen LogP contribution is 2.33. The van der Waals surface area contributed by atoms with Crippen LogP contribution in [0.5, 0.6) is 0 Å². The van der Waals surface area contributed by atoms with Gasteiger partial charge in [-0.3, -0.25) is 0 Å². The second kappa shape index (κ2) is 2.13. The number of rotatable bonds is 0. The standard InChI is InChI=1S/C8H13F/c1-8(2)5-3-4-7(9)6-8/h6H,3-5H2,1-2H3.